The minimum atomic E-state index is 0.132. The van der Waals surface area contributed by atoms with Gasteiger partial charge in [0.15, 0.2) is 0 Å². The van der Waals surface area contributed by atoms with Crippen LogP contribution in [0.25, 0.3) is 0 Å². The van der Waals surface area contributed by atoms with Crippen molar-refractivity contribution in [2.75, 3.05) is 10.6 Å². The third kappa shape index (κ3) is 3.52. The molecule has 0 aliphatic heterocycles. The lowest BCUT2D eigenvalue weighted by Gasteiger charge is -2.08. The molecule has 0 atom stereocenters. The van der Waals surface area contributed by atoms with Crippen molar-refractivity contribution in [1.82, 2.24) is 0 Å². The molecule has 1 aromatic heterocycles. The van der Waals surface area contributed by atoms with E-state index in [1.54, 1.807) is 11.3 Å². The molecule has 3 nitrogen and oxygen atoms in total. The van der Waals surface area contributed by atoms with Gasteiger partial charge in [-0.3, -0.25) is 4.79 Å². The maximum Gasteiger partial charge on any atom is 0.227 e. The molecule has 1 aliphatic carbocycles. The van der Waals surface area contributed by atoms with Crippen LogP contribution in [-0.4, -0.2) is 5.91 Å². The largest absolute Gasteiger partial charge is 0.380 e. The maximum atomic E-state index is 11.7. The Labute approximate surface area is 127 Å². The summed E-state index contributed by atoms with van der Waals surface area (Å²) in [6, 6.07) is 9.75. The van der Waals surface area contributed by atoms with Crippen LogP contribution in [0.15, 0.2) is 35.7 Å². The minimum Gasteiger partial charge on any atom is -0.380 e. The van der Waals surface area contributed by atoms with Gasteiger partial charge in [-0.05, 0) is 37.1 Å². The molecule has 0 spiro atoms. The average Bonchev–Trinajstić information content (AvgIpc) is 3.20. The van der Waals surface area contributed by atoms with E-state index in [0.29, 0.717) is 0 Å². The molecular formula is C15H15ClN2OS. The number of rotatable bonds is 5. The Bertz CT molecular complexity index is 622. The number of halogens is 1. The SMILES string of the molecule is O=C(Nc1cccc(NCc2cc(Cl)cs2)c1)C1CC1. The highest BCUT2D eigenvalue weighted by Crippen LogP contribution is 2.30. The highest BCUT2D eigenvalue weighted by atomic mass is 35.5. The molecule has 1 fully saturated rings. The summed E-state index contributed by atoms with van der Waals surface area (Å²) in [5, 5.41) is 8.98. The summed E-state index contributed by atoms with van der Waals surface area (Å²) < 4.78 is 0. The molecule has 2 aromatic rings. The summed E-state index contributed by atoms with van der Waals surface area (Å²) in [6.45, 7) is 0.734. The normalized spacial score (nSPS) is 14.1. The summed E-state index contributed by atoms with van der Waals surface area (Å²) in [4.78, 5) is 12.9. The Morgan fingerprint density at radius 1 is 1.30 bits per heavy atom. The van der Waals surface area contributed by atoms with Gasteiger partial charge in [0.25, 0.3) is 0 Å². The van der Waals surface area contributed by atoms with Crippen molar-refractivity contribution in [3.8, 4) is 0 Å². The molecule has 0 radical (unpaired) electrons. The van der Waals surface area contributed by atoms with Gasteiger partial charge in [0.1, 0.15) is 0 Å². The van der Waals surface area contributed by atoms with Crippen LogP contribution in [0.4, 0.5) is 11.4 Å². The van der Waals surface area contributed by atoms with Crippen LogP contribution in [-0.2, 0) is 11.3 Å². The first kappa shape index (κ1) is 13.5. The summed E-state index contributed by atoms with van der Waals surface area (Å²) in [5.41, 5.74) is 1.83. The second kappa shape index (κ2) is 5.85. The second-order valence-electron chi connectivity index (χ2n) is 4.93. The van der Waals surface area contributed by atoms with E-state index in [1.165, 1.54) is 4.88 Å². The zero-order chi connectivity index (χ0) is 13.9. The molecule has 104 valence electrons. The lowest BCUT2D eigenvalue weighted by molar-refractivity contribution is -0.117. The molecule has 0 bridgehead atoms. The fraction of sp³-hybridized carbons (Fsp3) is 0.267. The number of benzene rings is 1. The molecule has 0 saturated heterocycles. The van der Waals surface area contributed by atoms with E-state index in [0.717, 1.165) is 35.8 Å². The van der Waals surface area contributed by atoms with E-state index in [9.17, 15) is 4.79 Å². The molecule has 1 aliphatic rings. The number of carbonyl (C=O) groups is 1. The van der Waals surface area contributed by atoms with Crippen LogP contribution in [0.3, 0.4) is 0 Å². The van der Waals surface area contributed by atoms with Crippen LogP contribution in [0.1, 0.15) is 17.7 Å². The number of anilines is 2. The van der Waals surface area contributed by atoms with Crippen molar-refractivity contribution in [2.45, 2.75) is 19.4 Å². The van der Waals surface area contributed by atoms with Gasteiger partial charge in [-0.15, -0.1) is 11.3 Å². The van der Waals surface area contributed by atoms with Gasteiger partial charge in [-0.25, -0.2) is 0 Å². The zero-order valence-corrected chi connectivity index (χ0v) is 12.4. The van der Waals surface area contributed by atoms with E-state index in [4.69, 9.17) is 11.6 Å². The van der Waals surface area contributed by atoms with Gasteiger partial charge in [0.05, 0.1) is 5.02 Å². The fourth-order valence-corrected chi connectivity index (χ4v) is 2.94. The Morgan fingerprint density at radius 3 is 2.80 bits per heavy atom. The number of hydrogen-bond donors (Lipinski definition) is 2. The van der Waals surface area contributed by atoms with Crippen molar-refractivity contribution in [1.29, 1.82) is 0 Å². The van der Waals surface area contributed by atoms with Crippen LogP contribution in [0.5, 0.6) is 0 Å². The molecule has 20 heavy (non-hydrogen) atoms. The van der Waals surface area contributed by atoms with E-state index >= 15 is 0 Å². The summed E-state index contributed by atoms with van der Waals surface area (Å²) in [5.74, 6) is 0.354. The lowest BCUT2D eigenvalue weighted by atomic mass is 10.2. The molecule has 1 heterocycles. The van der Waals surface area contributed by atoms with Crippen molar-refractivity contribution in [3.05, 3.63) is 45.6 Å². The summed E-state index contributed by atoms with van der Waals surface area (Å²) in [7, 11) is 0. The van der Waals surface area contributed by atoms with Gasteiger partial charge < -0.3 is 10.6 Å². The molecule has 5 heteroatoms. The van der Waals surface area contributed by atoms with E-state index in [-0.39, 0.29) is 11.8 Å². The molecule has 1 aromatic carbocycles. The quantitative estimate of drug-likeness (QED) is 0.861. The Hall–Kier alpha value is -1.52. The monoisotopic (exact) mass is 306 g/mol. The van der Waals surface area contributed by atoms with Crippen LogP contribution in [0, 0.1) is 5.92 Å². The van der Waals surface area contributed by atoms with E-state index in [2.05, 4.69) is 10.6 Å². The zero-order valence-electron chi connectivity index (χ0n) is 10.9. The topological polar surface area (TPSA) is 41.1 Å². The molecule has 3 rings (SSSR count). The van der Waals surface area contributed by atoms with Crippen molar-refractivity contribution in [2.24, 2.45) is 5.92 Å². The number of nitrogens with one attached hydrogen (secondary N) is 2. The van der Waals surface area contributed by atoms with Gasteiger partial charge in [0.2, 0.25) is 5.91 Å². The van der Waals surface area contributed by atoms with Gasteiger partial charge >= 0.3 is 0 Å². The van der Waals surface area contributed by atoms with Crippen molar-refractivity contribution < 1.29 is 4.79 Å². The number of carbonyl (C=O) groups excluding carboxylic acids is 1. The predicted octanol–water partition coefficient (Wildman–Crippen LogP) is 4.36. The first-order valence-corrected chi connectivity index (χ1v) is 7.84. The predicted molar refractivity (Wildman–Crippen MR) is 84.5 cm³/mol. The van der Waals surface area contributed by atoms with Crippen LogP contribution < -0.4 is 10.6 Å². The average molecular weight is 307 g/mol. The fourth-order valence-electron chi connectivity index (χ4n) is 1.93. The minimum absolute atomic E-state index is 0.132. The number of amides is 1. The molecule has 2 N–H and O–H groups in total. The molecule has 1 saturated carbocycles. The standard InChI is InChI=1S/C15H15ClN2OS/c16-11-6-14(20-9-11)8-17-12-2-1-3-13(7-12)18-15(19)10-4-5-10/h1-3,6-7,9-10,17H,4-5,8H2,(H,18,19). The van der Waals surface area contributed by atoms with Crippen molar-refractivity contribution >= 4 is 40.2 Å². The number of hydrogen-bond acceptors (Lipinski definition) is 3. The van der Waals surface area contributed by atoms with Crippen LogP contribution in [0.2, 0.25) is 5.02 Å². The molecule has 1 amide bonds. The Kier molecular flexibility index (Phi) is 3.94. The molecule has 0 unspecified atom stereocenters. The van der Waals surface area contributed by atoms with E-state index < -0.39 is 0 Å². The van der Waals surface area contributed by atoms with Crippen LogP contribution >= 0.6 is 22.9 Å². The van der Waals surface area contributed by atoms with Gasteiger partial charge in [0, 0.05) is 34.1 Å². The maximum absolute atomic E-state index is 11.7. The third-order valence-electron chi connectivity index (χ3n) is 3.17. The summed E-state index contributed by atoms with van der Waals surface area (Å²) in [6.07, 6.45) is 2.03. The first-order chi connectivity index (χ1) is 9.70. The second-order valence-corrected chi connectivity index (χ2v) is 6.36. The molecular weight excluding hydrogens is 292 g/mol. The van der Waals surface area contributed by atoms with Crippen molar-refractivity contribution in [3.63, 3.8) is 0 Å². The summed E-state index contributed by atoms with van der Waals surface area (Å²) >= 11 is 7.53. The Morgan fingerprint density at radius 2 is 2.10 bits per heavy atom. The first-order valence-electron chi connectivity index (χ1n) is 6.58. The Balaban J connectivity index is 1.60. The van der Waals surface area contributed by atoms with Gasteiger partial charge in [-0.1, -0.05) is 17.7 Å². The third-order valence-corrected chi connectivity index (χ3v) is 4.45. The number of thiophene rings is 1. The highest BCUT2D eigenvalue weighted by Gasteiger charge is 2.29. The van der Waals surface area contributed by atoms with E-state index in [1.807, 2.05) is 35.7 Å². The highest BCUT2D eigenvalue weighted by molar-refractivity contribution is 7.10. The smallest absolute Gasteiger partial charge is 0.227 e. The van der Waals surface area contributed by atoms with Gasteiger partial charge in [-0.2, -0.15) is 0 Å². The lowest BCUT2D eigenvalue weighted by Crippen LogP contribution is -2.13.